The van der Waals surface area contributed by atoms with Crippen LogP contribution in [0.4, 0.5) is 0 Å². The van der Waals surface area contributed by atoms with Crippen molar-refractivity contribution < 1.29 is 23.8 Å². The predicted octanol–water partition coefficient (Wildman–Crippen LogP) is 1.87. The number of esters is 1. The third kappa shape index (κ3) is 6.03. The van der Waals surface area contributed by atoms with E-state index < -0.39 is 12.1 Å². The Bertz CT molecular complexity index is 484. The molecule has 1 rings (SSSR count). The van der Waals surface area contributed by atoms with Crippen LogP contribution in [0.2, 0.25) is 0 Å². The number of amides is 1. The highest BCUT2D eigenvalue weighted by Gasteiger charge is 2.18. The fourth-order valence-electron chi connectivity index (χ4n) is 1.75. The number of hydrogen-bond acceptors (Lipinski definition) is 5. The van der Waals surface area contributed by atoms with E-state index in [1.165, 1.54) is 4.90 Å². The zero-order valence-electron chi connectivity index (χ0n) is 13.5. The van der Waals surface area contributed by atoms with E-state index >= 15 is 0 Å². The number of rotatable bonds is 8. The molecular formula is C16H23NO5. The van der Waals surface area contributed by atoms with Gasteiger partial charge in [-0.3, -0.25) is 9.59 Å². The molecule has 1 amide bonds. The number of benzene rings is 1. The Morgan fingerprint density at radius 2 is 1.73 bits per heavy atom. The maximum atomic E-state index is 11.6. The summed E-state index contributed by atoms with van der Waals surface area (Å²) in [5, 5.41) is 0. The van der Waals surface area contributed by atoms with Gasteiger partial charge in [-0.15, -0.1) is 0 Å². The van der Waals surface area contributed by atoms with E-state index in [-0.39, 0.29) is 12.3 Å². The Labute approximate surface area is 131 Å². The second-order valence-electron chi connectivity index (χ2n) is 4.99. The number of hydrogen-bond donors (Lipinski definition) is 0. The van der Waals surface area contributed by atoms with E-state index in [1.54, 1.807) is 52.4 Å². The van der Waals surface area contributed by atoms with Gasteiger partial charge < -0.3 is 19.1 Å². The van der Waals surface area contributed by atoms with Crippen LogP contribution in [0, 0.1) is 0 Å². The van der Waals surface area contributed by atoms with Gasteiger partial charge in [0.2, 0.25) is 0 Å². The van der Waals surface area contributed by atoms with Crippen LogP contribution >= 0.6 is 0 Å². The van der Waals surface area contributed by atoms with E-state index in [4.69, 9.17) is 14.2 Å². The van der Waals surface area contributed by atoms with Crippen LogP contribution in [0.25, 0.3) is 0 Å². The van der Waals surface area contributed by atoms with Gasteiger partial charge in [-0.05, 0) is 37.6 Å². The van der Waals surface area contributed by atoms with Gasteiger partial charge in [0.05, 0.1) is 13.7 Å². The Kier molecular flexibility index (Phi) is 7.22. The molecule has 0 aromatic heterocycles. The first kappa shape index (κ1) is 17.8. The summed E-state index contributed by atoms with van der Waals surface area (Å²) in [5.74, 6) is 0.838. The average molecular weight is 309 g/mol. The number of methoxy groups -OCH3 is 1. The highest BCUT2D eigenvalue weighted by Crippen LogP contribution is 2.17. The van der Waals surface area contributed by atoms with E-state index in [0.717, 1.165) is 5.75 Å². The zero-order chi connectivity index (χ0) is 16.5. The van der Waals surface area contributed by atoms with Crippen LogP contribution < -0.4 is 9.47 Å². The number of carbonyl (C=O) groups is 2. The number of ether oxygens (including phenoxy) is 3. The summed E-state index contributed by atoms with van der Waals surface area (Å²) in [7, 11) is 4.84. The molecule has 0 fully saturated rings. The van der Waals surface area contributed by atoms with Crippen molar-refractivity contribution in [2.24, 2.45) is 0 Å². The predicted molar refractivity (Wildman–Crippen MR) is 82.0 cm³/mol. The van der Waals surface area contributed by atoms with Crippen molar-refractivity contribution in [1.82, 2.24) is 4.90 Å². The molecule has 6 heteroatoms. The van der Waals surface area contributed by atoms with Crippen LogP contribution in [-0.2, 0) is 14.3 Å². The van der Waals surface area contributed by atoms with Gasteiger partial charge in [0.15, 0.2) is 6.10 Å². The minimum Gasteiger partial charge on any atom is -0.497 e. The molecule has 1 atom stereocenters. The second kappa shape index (κ2) is 8.92. The van der Waals surface area contributed by atoms with Crippen molar-refractivity contribution in [3.05, 3.63) is 24.3 Å². The van der Waals surface area contributed by atoms with Crippen molar-refractivity contribution >= 4 is 11.9 Å². The van der Waals surface area contributed by atoms with Gasteiger partial charge in [-0.2, -0.15) is 0 Å². The van der Waals surface area contributed by atoms with E-state index in [0.29, 0.717) is 18.8 Å². The van der Waals surface area contributed by atoms with Gasteiger partial charge >= 0.3 is 5.97 Å². The monoisotopic (exact) mass is 309 g/mol. The minimum absolute atomic E-state index is 0.210. The molecule has 0 saturated heterocycles. The summed E-state index contributed by atoms with van der Waals surface area (Å²) < 4.78 is 15.6. The molecule has 0 aliphatic heterocycles. The standard InChI is InChI=1S/C16H23NO5/c1-12(16(19)17(2)3)22-15(18)6-5-11-21-14-9-7-13(20-4)8-10-14/h7-10,12H,5-6,11H2,1-4H3. The number of nitrogens with zero attached hydrogens (tertiary/aromatic N) is 1. The van der Waals surface area contributed by atoms with Gasteiger partial charge in [0, 0.05) is 20.5 Å². The molecule has 0 N–H and O–H groups in total. The van der Waals surface area contributed by atoms with Crippen LogP contribution in [0.5, 0.6) is 11.5 Å². The molecule has 1 aromatic rings. The fraction of sp³-hybridized carbons (Fsp3) is 0.500. The van der Waals surface area contributed by atoms with Crippen LogP contribution in [0.1, 0.15) is 19.8 Å². The van der Waals surface area contributed by atoms with Crippen LogP contribution in [0.15, 0.2) is 24.3 Å². The summed E-state index contributed by atoms with van der Waals surface area (Å²) >= 11 is 0. The molecule has 0 heterocycles. The topological polar surface area (TPSA) is 65.1 Å². The minimum atomic E-state index is -0.759. The summed E-state index contributed by atoms with van der Waals surface area (Å²) in [5.41, 5.74) is 0. The van der Waals surface area contributed by atoms with Gasteiger partial charge in [-0.1, -0.05) is 0 Å². The summed E-state index contributed by atoms with van der Waals surface area (Å²) in [6.07, 6.45) is -0.0282. The lowest BCUT2D eigenvalue weighted by Gasteiger charge is -2.17. The molecule has 0 radical (unpaired) electrons. The first-order chi connectivity index (χ1) is 10.4. The van der Waals surface area contributed by atoms with Crippen LogP contribution in [-0.4, -0.2) is 50.7 Å². The van der Waals surface area contributed by atoms with Crippen molar-refractivity contribution in [2.75, 3.05) is 27.8 Å². The third-order valence-electron chi connectivity index (χ3n) is 2.95. The smallest absolute Gasteiger partial charge is 0.306 e. The molecule has 0 aliphatic carbocycles. The van der Waals surface area contributed by atoms with E-state index in [1.807, 2.05) is 0 Å². The molecule has 0 spiro atoms. The summed E-state index contributed by atoms with van der Waals surface area (Å²) in [6, 6.07) is 7.21. The van der Waals surface area contributed by atoms with Gasteiger partial charge in [-0.25, -0.2) is 0 Å². The molecule has 122 valence electrons. The molecule has 1 aromatic carbocycles. The first-order valence-corrected chi connectivity index (χ1v) is 7.11. The van der Waals surface area contributed by atoms with Crippen molar-refractivity contribution in [3.63, 3.8) is 0 Å². The van der Waals surface area contributed by atoms with Crippen molar-refractivity contribution in [3.8, 4) is 11.5 Å². The van der Waals surface area contributed by atoms with Crippen molar-refractivity contribution in [2.45, 2.75) is 25.9 Å². The largest absolute Gasteiger partial charge is 0.497 e. The lowest BCUT2D eigenvalue weighted by molar-refractivity contribution is -0.158. The molecule has 1 unspecified atom stereocenters. The van der Waals surface area contributed by atoms with E-state index in [9.17, 15) is 9.59 Å². The van der Waals surface area contributed by atoms with Crippen LogP contribution in [0.3, 0.4) is 0 Å². The maximum absolute atomic E-state index is 11.6. The normalized spacial score (nSPS) is 11.5. The van der Waals surface area contributed by atoms with Crippen molar-refractivity contribution in [1.29, 1.82) is 0 Å². The van der Waals surface area contributed by atoms with Gasteiger partial charge in [0.25, 0.3) is 5.91 Å². The molecule has 6 nitrogen and oxygen atoms in total. The second-order valence-corrected chi connectivity index (χ2v) is 4.99. The molecule has 22 heavy (non-hydrogen) atoms. The third-order valence-corrected chi connectivity index (χ3v) is 2.95. The molecule has 0 saturated carbocycles. The SMILES string of the molecule is COc1ccc(OCCCC(=O)OC(C)C(=O)N(C)C)cc1. The number of likely N-dealkylation sites (N-methyl/N-ethyl adjacent to an activating group) is 1. The summed E-state index contributed by atoms with van der Waals surface area (Å²) in [6.45, 7) is 1.96. The Morgan fingerprint density at radius 1 is 1.14 bits per heavy atom. The molecular weight excluding hydrogens is 286 g/mol. The van der Waals surface area contributed by atoms with E-state index in [2.05, 4.69) is 0 Å². The first-order valence-electron chi connectivity index (χ1n) is 7.11. The zero-order valence-corrected chi connectivity index (χ0v) is 13.5. The number of carbonyl (C=O) groups excluding carboxylic acids is 2. The summed E-state index contributed by atoms with van der Waals surface area (Å²) in [4.78, 5) is 24.6. The van der Waals surface area contributed by atoms with Gasteiger partial charge in [0.1, 0.15) is 11.5 Å². The Hall–Kier alpha value is -2.24. The Morgan fingerprint density at radius 3 is 2.27 bits per heavy atom. The average Bonchev–Trinajstić information content (AvgIpc) is 2.51. The highest BCUT2D eigenvalue weighted by atomic mass is 16.5. The lowest BCUT2D eigenvalue weighted by Crippen LogP contribution is -2.34. The molecule has 0 aliphatic rings. The Balaban J connectivity index is 2.23. The fourth-order valence-corrected chi connectivity index (χ4v) is 1.75. The lowest BCUT2D eigenvalue weighted by atomic mass is 10.3. The maximum Gasteiger partial charge on any atom is 0.306 e. The highest BCUT2D eigenvalue weighted by molar-refractivity contribution is 5.83. The quantitative estimate of drug-likeness (QED) is 0.542. The molecule has 0 bridgehead atoms.